The molecule has 1 aromatic rings. The molecule has 0 unspecified atom stereocenters. The number of ether oxygens (including phenoxy) is 1. The van der Waals surface area contributed by atoms with Crippen molar-refractivity contribution in [2.24, 2.45) is 5.92 Å². The van der Waals surface area contributed by atoms with Crippen molar-refractivity contribution < 1.29 is 28.3 Å². The zero-order chi connectivity index (χ0) is 19.4. The van der Waals surface area contributed by atoms with Crippen LogP contribution in [0.25, 0.3) is 0 Å². The number of amides is 4. The molecule has 2 fully saturated rings. The summed E-state index contributed by atoms with van der Waals surface area (Å²) in [5.41, 5.74) is -0.115. The van der Waals surface area contributed by atoms with Crippen LogP contribution < -0.4 is 5.32 Å². The Kier molecular flexibility index (Phi) is 5.58. The van der Waals surface area contributed by atoms with Crippen LogP contribution in [0.3, 0.4) is 0 Å². The van der Waals surface area contributed by atoms with Crippen LogP contribution in [0.1, 0.15) is 25.5 Å². The number of hydrogen-bond acceptors (Lipinski definition) is 7. The summed E-state index contributed by atoms with van der Waals surface area (Å²) in [6, 6.07) is 2.51. The van der Waals surface area contributed by atoms with Crippen molar-refractivity contribution in [1.29, 1.82) is 0 Å². The SMILES string of the molecule is CCOC(=O)C1CCN(/C=C2\C(=O)NC(=O)N(Cc3ccco3)C2=O)CC1. The average molecular weight is 375 g/mol. The number of esters is 1. The zero-order valence-corrected chi connectivity index (χ0v) is 15.0. The molecule has 9 nitrogen and oxygen atoms in total. The minimum absolute atomic E-state index is 0.0623. The van der Waals surface area contributed by atoms with E-state index in [1.807, 2.05) is 4.90 Å². The molecule has 2 saturated heterocycles. The lowest BCUT2D eigenvalue weighted by atomic mass is 9.97. The topological polar surface area (TPSA) is 109 Å². The van der Waals surface area contributed by atoms with Gasteiger partial charge in [0.1, 0.15) is 11.3 Å². The number of nitrogens with one attached hydrogen (secondary N) is 1. The molecule has 1 N–H and O–H groups in total. The molecule has 27 heavy (non-hydrogen) atoms. The minimum Gasteiger partial charge on any atom is -0.467 e. The van der Waals surface area contributed by atoms with E-state index in [0.717, 1.165) is 4.90 Å². The van der Waals surface area contributed by atoms with Crippen molar-refractivity contribution in [2.45, 2.75) is 26.3 Å². The number of carbonyl (C=O) groups excluding carboxylic acids is 4. The number of imide groups is 2. The second-order valence-electron chi connectivity index (χ2n) is 6.34. The van der Waals surface area contributed by atoms with Crippen LogP contribution in [0.4, 0.5) is 4.79 Å². The Morgan fingerprint density at radius 3 is 2.70 bits per heavy atom. The number of furan rings is 1. The molecule has 3 heterocycles. The predicted octanol–water partition coefficient (Wildman–Crippen LogP) is 1.02. The lowest BCUT2D eigenvalue weighted by Gasteiger charge is -2.32. The quantitative estimate of drug-likeness (QED) is 0.465. The van der Waals surface area contributed by atoms with Crippen molar-refractivity contribution in [3.05, 3.63) is 35.9 Å². The molecule has 0 atom stereocenters. The number of piperidine rings is 1. The maximum absolute atomic E-state index is 12.6. The first-order valence-corrected chi connectivity index (χ1v) is 8.81. The first-order valence-electron chi connectivity index (χ1n) is 8.81. The van der Waals surface area contributed by atoms with Crippen LogP contribution in [-0.2, 0) is 25.7 Å². The summed E-state index contributed by atoms with van der Waals surface area (Å²) in [7, 11) is 0. The minimum atomic E-state index is -0.778. The van der Waals surface area contributed by atoms with Crippen LogP contribution in [0.5, 0.6) is 0 Å². The molecule has 4 amide bonds. The highest BCUT2D eigenvalue weighted by molar-refractivity contribution is 6.28. The molecule has 1 aromatic heterocycles. The normalized spacial score (nSPS) is 20.2. The summed E-state index contributed by atoms with van der Waals surface area (Å²) < 4.78 is 10.2. The maximum Gasteiger partial charge on any atom is 0.331 e. The molecule has 0 saturated carbocycles. The first kappa shape index (κ1) is 18.7. The summed E-state index contributed by atoms with van der Waals surface area (Å²) >= 11 is 0. The number of rotatable bonds is 5. The first-order chi connectivity index (χ1) is 13.0. The molecule has 2 aliphatic heterocycles. The summed E-state index contributed by atoms with van der Waals surface area (Å²) in [4.78, 5) is 51.3. The van der Waals surface area contributed by atoms with Crippen molar-refractivity contribution in [3.8, 4) is 0 Å². The number of hydrogen-bond donors (Lipinski definition) is 1. The number of barbiturate groups is 1. The van der Waals surface area contributed by atoms with Crippen LogP contribution in [0.2, 0.25) is 0 Å². The molecule has 0 aromatic carbocycles. The van der Waals surface area contributed by atoms with E-state index in [2.05, 4.69) is 5.32 Å². The van der Waals surface area contributed by atoms with E-state index in [1.54, 1.807) is 19.1 Å². The highest BCUT2D eigenvalue weighted by Crippen LogP contribution is 2.21. The predicted molar refractivity (Wildman–Crippen MR) is 91.8 cm³/mol. The fraction of sp³-hybridized carbons (Fsp3) is 0.444. The highest BCUT2D eigenvalue weighted by Gasteiger charge is 2.37. The Balaban J connectivity index is 1.67. The molecular weight excluding hydrogens is 354 g/mol. The number of urea groups is 1. The van der Waals surface area contributed by atoms with E-state index in [9.17, 15) is 19.2 Å². The Hall–Kier alpha value is -3.10. The third kappa shape index (κ3) is 4.18. The smallest absolute Gasteiger partial charge is 0.331 e. The summed E-state index contributed by atoms with van der Waals surface area (Å²) in [6.45, 7) is 3.07. The van der Waals surface area contributed by atoms with Gasteiger partial charge >= 0.3 is 12.0 Å². The fourth-order valence-corrected chi connectivity index (χ4v) is 3.09. The Labute approximate surface area is 155 Å². The average Bonchev–Trinajstić information content (AvgIpc) is 3.16. The van der Waals surface area contributed by atoms with E-state index in [0.29, 0.717) is 38.3 Å². The Morgan fingerprint density at radius 1 is 1.33 bits per heavy atom. The van der Waals surface area contributed by atoms with Gasteiger partial charge in [-0.1, -0.05) is 0 Å². The molecule has 9 heteroatoms. The van der Waals surface area contributed by atoms with Gasteiger partial charge in [-0.3, -0.25) is 24.6 Å². The fourth-order valence-electron chi connectivity index (χ4n) is 3.09. The zero-order valence-electron chi connectivity index (χ0n) is 15.0. The van der Waals surface area contributed by atoms with Crippen LogP contribution >= 0.6 is 0 Å². The summed E-state index contributed by atoms with van der Waals surface area (Å²) in [6.07, 6.45) is 4.05. The highest BCUT2D eigenvalue weighted by atomic mass is 16.5. The van der Waals surface area contributed by atoms with Crippen molar-refractivity contribution in [3.63, 3.8) is 0 Å². The van der Waals surface area contributed by atoms with Gasteiger partial charge in [-0.05, 0) is 31.9 Å². The number of likely N-dealkylation sites (tertiary alicyclic amines) is 1. The lowest BCUT2D eigenvalue weighted by molar-refractivity contribution is -0.149. The van der Waals surface area contributed by atoms with Crippen LogP contribution in [0, 0.1) is 5.92 Å². The van der Waals surface area contributed by atoms with Crippen molar-refractivity contribution >= 4 is 23.8 Å². The van der Waals surface area contributed by atoms with Gasteiger partial charge in [-0.15, -0.1) is 0 Å². The Morgan fingerprint density at radius 2 is 2.07 bits per heavy atom. The van der Waals surface area contributed by atoms with E-state index in [4.69, 9.17) is 9.15 Å². The molecule has 144 valence electrons. The maximum atomic E-state index is 12.6. The van der Waals surface area contributed by atoms with Gasteiger partial charge in [0.15, 0.2) is 0 Å². The van der Waals surface area contributed by atoms with E-state index >= 15 is 0 Å². The molecule has 3 rings (SSSR count). The summed E-state index contributed by atoms with van der Waals surface area (Å²) in [5.74, 6) is -1.36. The van der Waals surface area contributed by atoms with Crippen LogP contribution in [-0.4, -0.2) is 53.3 Å². The van der Waals surface area contributed by atoms with Crippen LogP contribution in [0.15, 0.2) is 34.6 Å². The van der Waals surface area contributed by atoms with E-state index in [1.165, 1.54) is 12.5 Å². The second-order valence-corrected chi connectivity index (χ2v) is 6.34. The standard InChI is InChI=1S/C18H21N3O6/c1-2-26-17(24)12-5-7-20(8-6-12)11-14-15(22)19-18(25)21(16(14)23)10-13-4-3-9-27-13/h3-4,9,11-12H,2,5-8,10H2,1H3,(H,19,22,25)/b14-11+. The molecule has 0 bridgehead atoms. The van der Waals surface area contributed by atoms with Gasteiger partial charge in [-0.25, -0.2) is 4.79 Å². The van der Waals surface area contributed by atoms with E-state index < -0.39 is 17.8 Å². The molecule has 0 spiro atoms. The molecule has 2 aliphatic rings. The second kappa shape index (κ2) is 8.07. The van der Waals surface area contributed by atoms with Crippen molar-refractivity contribution in [1.82, 2.24) is 15.1 Å². The third-order valence-corrected chi connectivity index (χ3v) is 4.54. The molecule has 0 aliphatic carbocycles. The monoisotopic (exact) mass is 375 g/mol. The van der Waals surface area contributed by atoms with Gasteiger partial charge in [0.2, 0.25) is 0 Å². The van der Waals surface area contributed by atoms with Gasteiger partial charge in [0.25, 0.3) is 11.8 Å². The third-order valence-electron chi connectivity index (χ3n) is 4.54. The number of nitrogens with zero attached hydrogens (tertiary/aromatic N) is 2. The van der Waals surface area contributed by atoms with E-state index in [-0.39, 0.29) is 24.0 Å². The van der Waals surface area contributed by atoms with Gasteiger partial charge in [-0.2, -0.15) is 0 Å². The summed E-state index contributed by atoms with van der Waals surface area (Å²) in [5, 5.41) is 2.17. The van der Waals surface area contributed by atoms with Gasteiger partial charge in [0.05, 0.1) is 25.3 Å². The lowest BCUT2D eigenvalue weighted by Crippen LogP contribution is -2.54. The molecular formula is C18H21N3O6. The van der Waals surface area contributed by atoms with Gasteiger partial charge in [0, 0.05) is 19.3 Å². The molecule has 0 radical (unpaired) electrons. The van der Waals surface area contributed by atoms with Gasteiger partial charge < -0.3 is 14.1 Å². The van der Waals surface area contributed by atoms with Crippen molar-refractivity contribution in [2.75, 3.05) is 19.7 Å². The number of carbonyl (C=O) groups is 4. The Bertz CT molecular complexity index is 762. The largest absolute Gasteiger partial charge is 0.467 e.